The molecule has 1 aliphatic rings. The molecule has 0 unspecified atom stereocenters. The van der Waals surface area contributed by atoms with Crippen molar-refractivity contribution in [2.45, 2.75) is 32.3 Å². The second-order valence-electron chi connectivity index (χ2n) is 7.16. The van der Waals surface area contributed by atoms with Crippen LogP contribution in [0.2, 0.25) is 0 Å². The lowest BCUT2D eigenvalue weighted by Gasteiger charge is -2.32. The Labute approximate surface area is 179 Å². The van der Waals surface area contributed by atoms with Crippen molar-refractivity contribution in [2.75, 3.05) is 18.6 Å². The lowest BCUT2D eigenvalue weighted by Crippen LogP contribution is -2.37. The molecule has 7 nitrogen and oxygen atoms in total. The monoisotopic (exact) mass is 452 g/mol. The zero-order valence-corrected chi connectivity index (χ0v) is 17.5. The number of aromatic nitrogens is 3. The van der Waals surface area contributed by atoms with Gasteiger partial charge in [0.1, 0.15) is 16.5 Å². The molecule has 0 aliphatic carbocycles. The van der Waals surface area contributed by atoms with E-state index in [1.165, 1.54) is 10.6 Å². The SMILES string of the molecule is COc1ccc2c(c1)[C@@H](O)CN(c1nc(C)n(Cc3ccc(C(F)(F)F)s3)c(=O)n1)C2. The summed E-state index contributed by atoms with van der Waals surface area (Å²) in [7, 11) is 1.55. The number of halogens is 3. The van der Waals surface area contributed by atoms with Crippen molar-refractivity contribution >= 4 is 17.3 Å². The molecule has 3 aromatic rings. The number of benzene rings is 1. The number of methoxy groups -OCH3 is 1. The van der Waals surface area contributed by atoms with Gasteiger partial charge >= 0.3 is 11.9 Å². The highest BCUT2D eigenvalue weighted by atomic mass is 32.1. The normalized spacial score (nSPS) is 16.3. The predicted molar refractivity (Wildman–Crippen MR) is 108 cm³/mol. The second kappa shape index (κ2) is 7.97. The lowest BCUT2D eigenvalue weighted by molar-refractivity contribution is -0.134. The molecule has 0 fully saturated rings. The van der Waals surface area contributed by atoms with Crippen LogP contribution < -0.4 is 15.3 Å². The van der Waals surface area contributed by atoms with E-state index in [1.807, 2.05) is 6.07 Å². The summed E-state index contributed by atoms with van der Waals surface area (Å²) in [6.45, 7) is 2.16. The maximum Gasteiger partial charge on any atom is 0.425 e. The van der Waals surface area contributed by atoms with Gasteiger partial charge in [0.2, 0.25) is 5.95 Å². The molecule has 1 aromatic carbocycles. The number of ether oxygens (including phenoxy) is 1. The molecule has 164 valence electrons. The summed E-state index contributed by atoms with van der Waals surface area (Å²) in [4.78, 5) is 22.4. The Bertz CT molecular complexity index is 1180. The van der Waals surface area contributed by atoms with E-state index >= 15 is 0 Å². The number of nitrogens with zero attached hydrogens (tertiary/aromatic N) is 4. The van der Waals surface area contributed by atoms with E-state index in [0.717, 1.165) is 17.2 Å². The van der Waals surface area contributed by atoms with Gasteiger partial charge < -0.3 is 14.7 Å². The molecule has 0 bridgehead atoms. The minimum Gasteiger partial charge on any atom is -0.497 e. The van der Waals surface area contributed by atoms with Gasteiger partial charge in [-0.3, -0.25) is 4.57 Å². The van der Waals surface area contributed by atoms with Crippen LogP contribution in [0, 0.1) is 6.92 Å². The van der Waals surface area contributed by atoms with Crippen LogP contribution >= 0.6 is 11.3 Å². The van der Waals surface area contributed by atoms with Crippen LogP contribution in [-0.4, -0.2) is 33.3 Å². The number of hydrogen-bond donors (Lipinski definition) is 1. The molecule has 1 atom stereocenters. The van der Waals surface area contributed by atoms with Gasteiger partial charge in [0.05, 0.1) is 26.3 Å². The lowest BCUT2D eigenvalue weighted by atomic mass is 9.97. The molecule has 0 radical (unpaired) electrons. The highest BCUT2D eigenvalue weighted by Crippen LogP contribution is 2.35. The summed E-state index contributed by atoms with van der Waals surface area (Å²) in [6, 6.07) is 7.75. The molecule has 4 rings (SSSR count). The van der Waals surface area contributed by atoms with E-state index in [9.17, 15) is 23.1 Å². The molecule has 0 spiro atoms. The van der Waals surface area contributed by atoms with Crippen LogP contribution in [0.15, 0.2) is 35.1 Å². The van der Waals surface area contributed by atoms with E-state index < -0.39 is 22.8 Å². The van der Waals surface area contributed by atoms with Gasteiger partial charge in [-0.2, -0.15) is 23.1 Å². The molecule has 0 saturated heterocycles. The molecule has 2 aromatic heterocycles. The number of aliphatic hydroxyl groups excluding tert-OH is 1. The fraction of sp³-hybridized carbons (Fsp3) is 0.350. The molecule has 3 heterocycles. The highest BCUT2D eigenvalue weighted by molar-refractivity contribution is 7.12. The summed E-state index contributed by atoms with van der Waals surface area (Å²) in [5.41, 5.74) is 1.00. The summed E-state index contributed by atoms with van der Waals surface area (Å²) in [6.07, 6.45) is -5.23. The van der Waals surface area contributed by atoms with Gasteiger partial charge in [0.25, 0.3) is 0 Å². The van der Waals surface area contributed by atoms with E-state index in [-0.39, 0.29) is 19.0 Å². The number of thiophene rings is 1. The molecular weight excluding hydrogens is 433 g/mol. The minimum atomic E-state index is -4.42. The number of aryl methyl sites for hydroxylation is 1. The molecule has 0 saturated carbocycles. The zero-order valence-electron chi connectivity index (χ0n) is 16.7. The molecule has 31 heavy (non-hydrogen) atoms. The van der Waals surface area contributed by atoms with E-state index in [0.29, 0.717) is 34.3 Å². The fourth-order valence-electron chi connectivity index (χ4n) is 3.49. The first-order chi connectivity index (χ1) is 14.7. The van der Waals surface area contributed by atoms with Crippen molar-refractivity contribution < 1.29 is 23.0 Å². The minimum absolute atomic E-state index is 0.0447. The topological polar surface area (TPSA) is 80.5 Å². The first-order valence-electron chi connectivity index (χ1n) is 9.37. The van der Waals surface area contributed by atoms with E-state index in [2.05, 4.69) is 9.97 Å². The Morgan fingerprint density at radius 1 is 1.26 bits per heavy atom. The number of alkyl halides is 3. The van der Waals surface area contributed by atoms with Crippen molar-refractivity contribution in [3.63, 3.8) is 0 Å². The van der Waals surface area contributed by atoms with Gasteiger partial charge in [-0.1, -0.05) is 6.07 Å². The molecule has 1 N–H and O–H groups in total. The van der Waals surface area contributed by atoms with E-state index in [4.69, 9.17) is 4.74 Å². The Balaban J connectivity index is 1.59. The maximum atomic E-state index is 12.8. The highest BCUT2D eigenvalue weighted by Gasteiger charge is 2.32. The van der Waals surface area contributed by atoms with Crippen LogP contribution in [0.5, 0.6) is 5.75 Å². The summed E-state index contributed by atoms with van der Waals surface area (Å²) in [5.74, 6) is 1.14. The maximum absolute atomic E-state index is 12.8. The van der Waals surface area contributed by atoms with Crippen molar-refractivity contribution in [3.8, 4) is 5.75 Å². The molecular formula is C20H19F3N4O3S. The average molecular weight is 452 g/mol. The van der Waals surface area contributed by atoms with Crippen LogP contribution in [0.3, 0.4) is 0 Å². The third-order valence-electron chi connectivity index (χ3n) is 5.08. The quantitative estimate of drug-likeness (QED) is 0.655. The number of hydrogen-bond acceptors (Lipinski definition) is 7. The van der Waals surface area contributed by atoms with Gasteiger partial charge in [-0.05, 0) is 42.3 Å². The Morgan fingerprint density at radius 3 is 2.68 bits per heavy atom. The Kier molecular flexibility index (Phi) is 5.48. The number of rotatable bonds is 4. The molecule has 1 aliphatic heterocycles. The van der Waals surface area contributed by atoms with Gasteiger partial charge in [0.15, 0.2) is 0 Å². The van der Waals surface area contributed by atoms with Gasteiger partial charge in [0, 0.05) is 11.4 Å². The Hall–Kier alpha value is -2.92. The van der Waals surface area contributed by atoms with Gasteiger partial charge in [-0.15, -0.1) is 11.3 Å². The van der Waals surface area contributed by atoms with Crippen molar-refractivity contribution in [3.05, 3.63) is 67.5 Å². The zero-order chi connectivity index (χ0) is 22.3. The number of anilines is 1. The Morgan fingerprint density at radius 2 is 2.03 bits per heavy atom. The van der Waals surface area contributed by atoms with Crippen molar-refractivity contribution in [1.29, 1.82) is 0 Å². The third kappa shape index (κ3) is 4.28. The smallest absolute Gasteiger partial charge is 0.425 e. The number of β-amino-alcohol motifs (C(OH)–C–C–N with tert-alkyl or cyclic N) is 1. The third-order valence-corrected chi connectivity index (χ3v) is 6.20. The largest absolute Gasteiger partial charge is 0.497 e. The summed E-state index contributed by atoms with van der Waals surface area (Å²) in [5, 5.41) is 10.5. The first-order valence-corrected chi connectivity index (χ1v) is 10.2. The summed E-state index contributed by atoms with van der Waals surface area (Å²) < 4.78 is 44.9. The van der Waals surface area contributed by atoms with Crippen LogP contribution in [-0.2, 0) is 19.3 Å². The molecule has 11 heteroatoms. The second-order valence-corrected chi connectivity index (χ2v) is 8.33. The number of fused-ring (bicyclic) bond motifs is 1. The van der Waals surface area contributed by atoms with E-state index in [1.54, 1.807) is 31.1 Å². The number of aliphatic hydroxyl groups is 1. The fourth-order valence-corrected chi connectivity index (χ4v) is 4.36. The molecule has 0 amide bonds. The van der Waals surface area contributed by atoms with Gasteiger partial charge in [-0.25, -0.2) is 4.79 Å². The summed E-state index contributed by atoms with van der Waals surface area (Å²) >= 11 is 0.586. The first kappa shape index (κ1) is 21.3. The predicted octanol–water partition coefficient (Wildman–Crippen LogP) is 3.14. The average Bonchev–Trinajstić information content (AvgIpc) is 3.19. The standard InChI is InChI=1S/C20H19F3N4O3S/c1-11-24-18(26-8-12-3-4-13(30-2)7-15(12)16(28)10-26)25-19(29)27(11)9-14-5-6-17(31-14)20(21,22)23/h3-7,16,28H,8-10H2,1-2H3/t16-/m0/s1. The van der Waals surface area contributed by atoms with Crippen molar-refractivity contribution in [1.82, 2.24) is 14.5 Å². The van der Waals surface area contributed by atoms with Crippen LogP contribution in [0.1, 0.15) is 32.8 Å². The van der Waals surface area contributed by atoms with Crippen molar-refractivity contribution in [2.24, 2.45) is 0 Å². The van der Waals surface area contributed by atoms with Crippen LogP contribution in [0.4, 0.5) is 19.1 Å². The van der Waals surface area contributed by atoms with Crippen LogP contribution in [0.25, 0.3) is 0 Å².